The molecule has 1 aliphatic carbocycles. The highest BCUT2D eigenvalue weighted by Gasteiger charge is 2.43. The molecule has 0 amide bonds. The molecule has 18 heavy (non-hydrogen) atoms. The highest BCUT2D eigenvalue weighted by atomic mass is 79.9. The zero-order valence-electron chi connectivity index (χ0n) is 10.3. The van der Waals surface area contributed by atoms with Crippen molar-refractivity contribution in [1.82, 2.24) is 4.31 Å². The molecule has 0 unspecified atom stereocenters. The molecule has 1 aromatic rings. The maximum absolute atomic E-state index is 12.4. The highest BCUT2D eigenvalue weighted by molar-refractivity contribution is 9.10. The van der Waals surface area contributed by atoms with Gasteiger partial charge in [0.2, 0.25) is 10.0 Å². The maximum Gasteiger partial charge on any atom is 0.242 e. The summed E-state index contributed by atoms with van der Waals surface area (Å²) in [6, 6.07) is 6.76. The third-order valence-corrected chi connectivity index (χ3v) is 5.75. The van der Waals surface area contributed by atoms with Crippen molar-refractivity contribution in [3.05, 3.63) is 28.7 Å². The van der Waals surface area contributed by atoms with Crippen molar-refractivity contribution in [2.45, 2.75) is 17.7 Å². The molecule has 0 bridgehead atoms. The van der Waals surface area contributed by atoms with Crippen LogP contribution in [0.2, 0.25) is 0 Å². The monoisotopic (exact) mass is 332 g/mol. The van der Waals surface area contributed by atoms with Crippen molar-refractivity contribution in [3.8, 4) is 0 Å². The summed E-state index contributed by atoms with van der Waals surface area (Å²) in [6.45, 7) is 1.05. The third kappa shape index (κ3) is 2.77. The van der Waals surface area contributed by atoms with Gasteiger partial charge in [0.05, 0.1) is 4.90 Å². The molecule has 6 heteroatoms. The van der Waals surface area contributed by atoms with Crippen LogP contribution >= 0.6 is 15.9 Å². The quantitative estimate of drug-likeness (QED) is 0.894. The lowest BCUT2D eigenvalue weighted by molar-refractivity contribution is 0.371. The van der Waals surface area contributed by atoms with Gasteiger partial charge < -0.3 is 5.73 Å². The Bertz CT molecular complexity index is 541. The number of halogens is 1. The van der Waals surface area contributed by atoms with Crippen molar-refractivity contribution >= 4 is 26.0 Å². The first-order valence-electron chi connectivity index (χ1n) is 5.82. The molecule has 0 radical (unpaired) electrons. The summed E-state index contributed by atoms with van der Waals surface area (Å²) in [7, 11) is -1.80. The minimum atomic E-state index is -3.42. The van der Waals surface area contributed by atoms with E-state index in [-0.39, 0.29) is 5.41 Å². The number of nitrogens with zero attached hydrogens (tertiary/aromatic N) is 1. The van der Waals surface area contributed by atoms with E-state index >= 15 is 0 Å². The summed E-state index contributed by atoms with van der Waals surface area (Å²) in [5.74, 6) is 0. The van der Waals surface area contributed by atoms with Crippen LogP contribution in [-0.2, 0) is 10.0 Å². The molecular weight excluding hydrogens is 316 g/mol. The SMILES string of the molecule is CN(CC1(CN)CC1)S(=O)(=O)c1cccc(Br)c1. The van der Waals surface area contributed by atoms with E-state index in [2.05, 4.69) is 15.9 Å². The number of rotatable bonds is 5. The highest BCUT2D eigenvalue weighted by Crippen LogP contribution is 2.45. The summed E-state index contributed by atoms with van der Waals surface area (Å²) in [5.41, 5.74) is 5.70. The van der Waals surface area contributed by atoms with Gasteiger partial charge in [0.15, 0.2) is 0 Å². The van der Waals surface area contributed by atoms with Gasteiger partial charge in [0, 0.05) is 18.1 Å². The molecule has 1 saturated carbocycles. The average molecular weight is 333 g/mol. The minimum Gasteiger partial charge on any atom is -0.330 e. The average Bonchev–Trinajstić information content (AvgIpc) is 3.09. The van der Waals surface area contributed by atoms with E-state index in [1.54, 1.807) is 31.3 Å². The van der Waals surface area contributed by atoms with Crippen LogP contribution in [0.15, 0.2) is 33.6 Å². The summed E-state index contributed by atoms with van der Waals surface area (Å²) in [4.78, 5) is 0.312. The second kappa shape index (κ2) is 4.92. The zero-order chi connectivity index (χ0) is 13.4. The minimum absolute atomic E-state index is 0.00777. The summed E-state index contributed by atoms with van der Waals surface area (Å²) < 4.78 is 26.9. The first kappa shape index (κ1) is 14.0. The molecule has 4 nitrogen and oxygen atoms in total. The van der Waals surface area contributed by atoms with Crippen molar-refractivity contribution in [2.24, 2.45) is 11.1 Å². The molecule has 100 valence electrons. The number of hydrogen-bond acceptors (Lipinski definition) is 3. The lowest BCUT2D eigenvalue weighted by atomic mass is 10.1. The Balaban J connectivity index is 2.20. The van der Waals surface area contributed by atoms with E-state index in [1.165, 1.54) is 4.31 Å². The van der Waals surface area contributed by atoms with E-state index in [1.807, 2.05) is 0 Å². The number of sulfonamides is 1. The molecule has 0 saturated heterocycles. The molecule has 1 fully saturated rings. The summed E-state index contributed by atoms with van der Waals surface area (Å²) in [5, 5.41) is 0. The fourth-order valence-corrected chi connectivity index (χ4v) is 3.85. The Hall–Kier alpha value is -0.430. The predicted molar refractivity (Wildman–Crippen MR) is 74.7 cm³/mol. The van der Waals surface area contributed by atoms with Gasteiger partial charge in [0.25, 0.3) is 0 Å². The van der Waals surface area contributed by atoms with Crippen molar-refractivity contribution < 1.29 is 8.42 Å². The van der Waals surface area contributed by atoms with Crippen molar-refractivity contribution in [1.29, 1.82) is 0 Å². The fourth-order valence-electron chi connectivity index (χ4n) is 1.97. The van der Waals surface area contributed by atoms with Gasteiger partial charge in [-0.05, 0) is 43.0 Å². The second-order valence-corrected chi connectivity index (χ2v) is 7.88. The van der Waals surface area contributed by atoms with Crippen LogP contribution < -0.4 is 5.73 Å². The van der Waals surface area contributed by atoms with Gasteiger partial charge in [-0.2, -0.15) is 0 Å². The molecule has 0 atom stereocenters. The topological polar surface area (TPSA) is 63.4 Å². The van der Waals surface area contributed by atoms with Crippen LogP contribution in [0.25, 0.3) is 0 Å². The van der Waals surface area contributed by atoms with Crippen LogP contribution in [0, 0.1) is 5.41 Å². The van der Waals surface area contributed by atoms with E-state index in [0.29, 0.717) is 18.0 Å². The van der Waals surface area contributed by atoms with Gasteiger partial charge in [-0.25, -0.2) is 12.7 Å². The molecule has 2 rings (SSSR count). The van der Waals surface area contributed by atoms with Crippen molar-refractivity contribution in [3.63, 3.8) is 0 Å². The maximum atomic E-state index is 12.4. The Labute approximate surface area is 116 Å². The van der Waals surface area contributed by atoms with E-state index in [4.69, 9.17) is 5.73 Å². The largest absolute Gasteiger partial charge is 0.330 e. The Morgan fingerprint density at radius 2 is 2.11 bits per heavy atom. The number of hydrogen-bond donors (Lipinski definition) is 1. The lowest BCUT2D eigenvalue weighted by Crippen LogP contribution is -2.35. The number of benzene rings is 1. The van der Waals surface area contributed by atoms with Crippen LogP contribution in [0.5, 0.6) is 0 Å². The molecule has 0 heterocycles. The predicted octanol–water partition coefficient (Wildman–Crippen LogP) is 1.81. The lowest BCUT2D eigenvalue weighted by Gasteiger charge is -2.22. The molecule has 1 aliphatic rings. The van der Waals surface area contributed by atoms with Crippen LogP contribution in [-0.4, -0.2) is 32.9 Å². The van der Waals surface area contributed by atoms with Gasteiger partial charge >= 0.3 is 0 Å². The van der Waals surface area contributed by atoms with Gasteiger partial charge in [-0.1, -0.05) is 22.0 Å². The summed E-state index contributed by atoms with van der Waals surface area (Å²) in [6.07, 6.45) is 2.03. The number of nitrogens with two attached hydrogens (primary N) is 1. The smallest absolute Gasteiger partial charge is 0.242 e. The molecule has 0 aromatic heterocycles. The normalized spacial score (nSPS) is 18.0. The van der Waals surface area contributed by atoms with E-state index < -0.39 is 10.0 Å². The first-order valence-corrected chi connectivity index (χ1v) is 8.05. The molecule has 1 aromatic carbocycles. The van der Waals surface area contributed by atoms with Crippen molar-refractivity contribution in [2.75, 3.05) is 20.1 Å². The van der Waals surface area contributed by atoms with Gasteiger partial charge in [0.1, 0.15) is 0 Å². The Morgan fingerprint density at radius 1 is 1.44 bits per heavy atom. The first-order chi connectivity index (χ1) is 8.39. The molecule has 0 aliphatic heterocycles. The standard InChI is InChI=1S/C12H17BrN2O2S/c1-15(9-12(8-14)5-6-12)18(16,17)11-4-2-3-10(13)7-11/h2-4,7H,5-6,8-9,14H2,1H3. The molecule has 2 N–H and O–H groups in total. The summed E-state index contributed by atoms with van der Waals surface area (Å²) >= 11 is 3.29. The van der Waals surface area contributed by atoms with E-state index in [0.717, 1.165) is 17.3 Å². The van der Waals surface area contributed by atoms with Crippen LogP contribution in [0.4, 0.5) is 0 Å². The van der Waals surface area contributed by atoms with E-state index in [9.17, 15) is 8.42 Å². The Morgan fingerprint density at radius 3 is 2.61 bits per heavy atom. The van der Waals surface area contributed by atoms with Crippen LogP contribution in [0.1, 0.15) is 12.8 Å². The second-order valence-electron chi connectivity index (χ2n) is 4.92. The fraction of sp³-hybridized carbons (Fsp3) is 0.500. The zero-order valence-corrected chi connectivity index (χ0v) is 12.7. The molecule has 0 spiro atoms. The van der Waals surface area contributed by atoms with Gasteiger partial charge in [-0.3, -0.25) is 0 Å². The van der Waals surface area contributed by atoms with Gasteiger partial charge in [-0.15, -0.1) is 0 Å². The van der Waals surface area contributed by atoms with Crippen LogP contribution in [0.3, 0.4) is 0 Å². The Kier molecular flexibility index (Phi) is 3.82. The third-order valence-electron chi connectivity index (χ3n) is 3.45. The molecular formula is C12H17BrN2O2S.